The van der Waals surface area contributed by atoms with Gasteiger partial charge in [-0.05, 0) is 48.3 Å². The Hall–Kier alpha value is -2.38. The Morgan fingerprint density at radius 1 is 1.15 bits per heavy atom. The van der Waals surface area contributed by atoms with E-state index in [9.17, 15) is 0 Å². The summed E-state index contributed by atoms with van der Waals surface area (Å²) in [7, 11) is 1.67. The molecule has 0 amide bonds. The summed E-state index contributed by atoms with van der Waals surface area (Å²) < 4.78 is 11.0. The number of nitrogens with zero attached hydrogens (tertiary/aromatic N) is 2. The van der Waals surface area contributed by atoms with Crippen LogP contribution < -0.4 is 4.74 Å². The lowest BCUT2D eigenvalue weighted by Gasteiger charge is -2.10. The first-order chi connectivity index (χ1) is 9.74. The Kier molecular flexibility index (Phi) is 3.13. The van der Waals surface area contributed by atoms with Crippen molar-refractivity contribution in [2.24, 2.45) is 0 Å². The lowest BCUT2D eigenvalue weighted by atomic mass is 10.0. The van der Waals surface area contributed by atoms with Crippen LogP contribution in [-0.2, 0) is 0 Å². The Labute approximate surface area is 121 Å². The highest BCUT2D eigenvalue weighted by Crippen LogP contribution is 2.40. The van der Waals surface area contributed by atoms with Crippen LogP contribution in [0.5, 0.6) is 5.75 Å². The molecule has 4 heteroatoms. The summed E-state index contributed by atoms with van der Waals surface area (Å²) in [5.41, 5.74) is 3.76. The molecule has 0 unspecified atom stereocenters. The van der Waals surface area contributed by atoms with E-state index in [0.717, 1.165) is 32.7 Å². The summed E-state index contributed by atoms with van der Waals surface area (Å²) in [5, 5.41) is 10.0. The highest BCUT2D eigenvalue weighted by Gasteiger charge is 2.14. The average molecular weight is 280 g/mol. The number of ether oxygens (including phenoxy) is 1. The topological polar surface area (TPSA) is 45.9 Å². The molecule has 3 nitrogen and oxygen atoms in total. The van der Waals surface area contributed by atoms with Crippen molar-refractivity contribution >= 4 is 21.6 Å². The van der Waals surface area contributed by atoms with Crippen molar-refractivity contribution in [3.8, 4) is 22.9 Å². The van der Waals surface area contributed by atoms with Gasteiger partial charge in [-0.1, -0.05) is 12.1 Å². The van der Waals surface area contributed by atoms with Crippen molar-refractivity contribution in [1.29, 1.82) is 5.26 Å². The second kappa shape index (κ2) is 4.95. The number of benzene rings is 2. The minimum atomic E-state index is 0.653. The van der Waals surface area contributed by atoms with Gasteiger partial charge in [0.2, 0.25) is 0 Å². The summed E-state index contributed by atoms with van der Waals surface area (Å²) >= 11 is 1.48. The van der Waals surface area contributed by atoms with Crippen LogP contribution in [-0.4, -0.2) is 11.5 Å². The van der Waals surface area contributed by atoms with Crippen LogP contribution in [0.2, 0.25) is 0 Å². The molecule has 0 saturated carbocycles. The maximum Gasteiger partial charge on any atom is 0.128 e. The van der Waals surface area contributed by atoms with Gasteiger partial charge in [-0.3, -0.25) is 0 Å². The van der Waals surface area contributed by atoms with Crippen LogP contribution in [0.3, 0.4) is 0 Å². The summed E-state index contributed by atoms with van der Waals surface area (Å²) in [5.74, 6) is 0.825. The van der Waals surface area contributed by atoms with Crippen LogP contribution in [0.15, 0.2) is 36.4 Å². The molecule has 0 aliphatic rings. The number of hydrogen-bond acceptors (Lipinski definition) is 4. The largest absolute Gasteiger partial charge is 0.496 e. The van der Waals surface area contributed by atoms with Gasteiger partial charge in [-0.15, -0.1) is 0 Å². The van der Waals surface area contributed by atoms with E-state index in [1.807, 2.05) is 43.3 Å². The van der Waals surface area contributed by atoms with Crippen LogP contribution >= 0.6 is 11.5 Å². The lowest BCUT2D eigenvalue weighted by Crippen LogP contribution is -1.88. The lowest BCUT2D eigenvalue weighted by molar-refractivity contribution is 0.417. The third kappa shape index (κ3) is 1.93. The molecular formula is C16H12N2OS. The van der Waals surface area contributed by atoms with Crippen molar-refractivity contribution in [1.82, 2.24) is 4.37 Å². The zero-order valence-electron chi connectivity index (χ0n) is 11.2. The highest BCUT2D eigenvalue weighted by atomic mass is 32.1. The van der Waals surface area contributed by atoms with Gasteiger partial charge >= 0.3 is 0 Å². The highest BCUT2D eigenvalue weighted by molar-refractivity contribution is 7.14. The van der Waals surface area contributed by atoms with E-state index >= 15 is 0 Å². The number of fused-ring (bicyclic) bond motifs is 1. The molecule has 98 valence electrons. The van der Waals surface area contributed by atoms with Gasteiger partial charge in [-0.25, -0.2) is 0 Å². The predicted molar refractivity (Wildman–Crippen MR) is 81.1 cm³/mol. The maximum absolute atomic E-state index is 8.89. The Bertz CT molecular complexity index is 813. The molecule has 0 bridgehead atoms. The fraction of sp³-hybridized carbons (Fsp3) is 0.125. The molecule has 1 aromatic heterocycles. The van der Waals surface area contributed by atoms with Gasteiger partial charge in [-0.2, -0.15) is 9.64 Å². The molecule has 0 aliphatic carbocycles. The molecule has 2 aromatic carbocycles. The molecule has 3 aromatic rings. The van der Waals surface area contributed by atoms with Gasteiger partial charge in [0.25, 0.3) is 0 Å². The SMILES string of the molecule is COc1ccc2c(C)nsc2c1-c1ccc(C#N)cc1. The molecule has 0 N–H and O–H groups in total. The molecule has 0 atom stereocenters. The fourth-order valence-corrected chi connectivity index (χ4v) is 3.21. The van der Waals surface area contributed by atoms with E-state index in [-0.39, 0.29) is 0 Å². The average Bonchev–Trinajstić information content (AvgIpc) is 2.88. The van der Waals surface area contributed by atoms with E-state index in [1.54, 1.807) is 7.11 Å². The monoisotopic (exact) mass is 280 g/mol. The van der Waals surface area contributed by atoms with Crippen molar-refractivity contribution < 1.29 is 4.74 Å². The first-order valence-corrected chi connectivity index (χ1v) is 6.95. The molecule has 0 saturated heterocycles. The van der Waals surface area contributed by atoms with Crippen molar-refractivity contribution in [3.63, 3.8) is 0 Å². The zero-order chi connectivity index (χ0) is 14.1. The van der Waals surface area contributed by atoms with Crippen LogP contribution in [0, 0.1) is 18.3 Å². The number of aromatic nitrogens is 1. The summed E-state index contributed by atoms with van der Waals surface area (Å²) in [6.45, 7) is 2.01. The molecule has 0 aliphatic heterocycles. The summed E-state index contributed by atoms with van der Waals surface area (Å²) in [6.07, 6.45) is 0. The Balaban J connectivity index is 2.29. The van der Waals surface area contributed by atoms with Gasteiger partial charge < -0.3 is 4.74 Å². The number of rotatable bonds is 2. The molecule has 1 heterocycles. The normalized spacial score (nSPS) is 10.4. The van der Waals surface area contributed by atoms with Gasteiger partial charge in [0.05, 0.1) is 29.1 Å². The van der Waals surface area contributed by atoms with E-state index in [0.29, 0.717) is 5.56 Å². The standard InChI is InChI=1S/C16H12N2OS/c1-10-13-7-8-14(19-2)15(16(13)20-18-10)12-5-3-11(9-17)4-6-12/h3-8H,1-2H3. The molecular weight excluding hydrogens is 268 g/mol. The molecule has 0 spiro atoms. The van der Waals surface area contributed by atoms with Gasteiger partial charge in [0.15, 0.2) is 0 Å². The number of nitriles is 1. The minimum Gasteiger partial charge on any atom is -0.496 e. The third-order valence-electron chi connectivity index (χ3n) is 3.31. The first kappa shape index (κ1) is 12.6. The maximum atomic E-state index is 8.89. The molecule has 0 radical (unpaired) electrons. The van der Waals surface area contributed by atoms with E-state index < -0.39 is 0 Å². The Morgan fingerprint density at radius 2 is 1.90 bits per heavy atom. The summed E-state index contributed by atoms with van der Waals surface area (Å²) in [4.78, 5) is 0. The molecule has 20 heavy (non-hydrogen) atoms. The number of hydrogen-bond donors (Lipinski definition) is 0. The molecule has 3 rings (SSSR count). The van der Waals surface area contributed by atoms with E-state index in [4.69, 9.17) is 10.00 Å². The number of aryl methyl sites for hydroxylation is 1. The molecule has 0 fully saturated rings. The van der Waals surface area contributed by atoms with Gasteiger partial charge in [0.1, 0.15) is 5.75 Å². The van der Waals surface area contributed by atoms with Crippen molar-refractivity contribution in [2.45, 2.75) is 6.92 Å². The quantitative estimate of drug-likeness (QED) is 0.708. The fourth-order valence-electron chi connectivity index (χ4n) is 2.26. The van der Waals surface area contributed by atoms with Crippen LogP contribution in [0.1, 0.15) is 11.3 Å². The second-order valence-corrected chi connectivity index (χ2v) is 5.25. The zero-order valence-corrected chi connectivity index (χ0v) is 12.0. The Morgan fingerprint density at radius 3 is 2.55 bits per heavy atom. The smallest absolute Gasteiger partial charge is 0.128 e. The second-order valence-electron chi connectivity index (χ2n) is 4.48. The third-order valence-corrected chi connectivity index (χ3v) is 4.28. The van der Waals surface area contributed by atoms with Crippen molar-refractivity contribution in [2.75, 3.05) is 7.11 Å². The summed E-state index contributed by atoms with van der Waals surface area (Å²) in [6, 6.07) is 13.7. The van der Waals surface area contributed by atoms with Crippen LogP contribution in [0.4, 0.5) is 0 Å². The first-order valence-electron chi connectivity index (χ1n) is 6.18. The van der Waals surface area contributed by atoms with E-state index in [1.165, 1.54) is 11.5 Å². The van der Waals surface area contributed by atoms with E-state index in [2.05, 4.69) is 10.4 Å². The van der Waals surface area contributed by atoms with Gasteiger partial charge in [0, 0.05) is 10.9 Å². The minimum absolute atomic E-state index is 0.653. The number of methoxy groups -OCH3 is 1. The van der Waals surface area contributed by atoms with Crippen molar-refractivity contribution in [3.05, 3.63) is 47.7 Å². The predicted octanol–water partition coefficient (Wildman–Crippen LogP) is 4.15. The van der Waals surface area contributed by atoms with Crippen LogP contribution in [0.25, 0.3) is 21.2 Å².